The minimum atomic E-state index is -0.265. The first-order valence-corrected chi connectivity index (χ1v) is 8.53. The first-order valence-electron chi connectivity index (χ1n) is 8.15. The van der Waals surface area contributed by atoms with Crippen molar-refractivity contribution in [3.8, 4) is 17.2 Å². The van der Waals surface area contributed by atoms with Gasteiger partial charge in [0.2, 0.25) is 5.75 Å². The zero-order valence-corrected chi connectivity index (χ0v) is 15.9. The van der Waals surface area contributed by atoms with E-state index in [1.807, 2.05) is 30.3 Å². The van der Waals surface area contributed by atoms with Gasteiger partial charge in [0.25, 0.3) is 0 Å². The Balaban J connectivity index is 1.97. The van der Waals surface area contributed by atoms with E-state index in [2.05, 4.69) is 4.98 Å². The lowest BCUT2D eigenvalue weighted by molar-refractivity contribution is 0.104. The van der Waals surface area contributed by atoms with E-state index in [9.17, 15) is 4.79 Å². The van der Waals surface area contributed by atoms with Crippen LogP contribution in [-0.2, 0) is 0 Å². The normalized spacial score (nSPS) is 11.0. The van der Waals surface area contributed by atoms with E-state index in [1.54, 1.807) is 18.2 Å². The molecule has 0 saturated heterocycles. The number of halogens is 1. The molecule has 0 amide bonds. The van der Waals surface area contributed by atoms with E-state index in [0.29, 0.717) is 33.5 Å². The van der Waals surface area contributed by atoms with Crippen LogP contribution in [0.1, 0.15) is 16.1 Å². The van der Waals surface area contributed by atoms with Crippen LogP contribution in [0, 0.1) is 0 Å². The molecule has 0 fully saturated rings. The Morgan fingerprint density at radius 1 is 1.00 bits per heavy atom. The summed E-state index contributed by atoms with van der Waals surface area (Å²) in [5.41, 5.74) is 1.67. The molecule has 0 aliphatic heterocycles. The van der Waals surface area contributed by atoms with Gasteiger partial charge in [0.15, 0.2) is 17.3 Å². The third-order valence-corrected chi connectivity index (χ3v) is 4.37. The van der Waals surface area contributed by atoms with E-state index in [0.717, 1.165) is 10.9 Å². The number of carbonyl (C=O) groups is 1. The monoisotopic (exact) mass is 383 g/mol. The van der Waals surface area contributed by atoms with Gasteiger partial charge in [-0.3, -0.25) is 4.79 Å². The second kappa shape index (κ2) is 8.10. The number of aromatic nitrogens is 1. The highest BCUT2D eigenvalue weighted by molar-refractivity contribution is 6.32. The van der Waals surface area contributed by atoms with E-state index in [-0.39, 0.29) is 5.78 Å². The largest absolute Gasteiger partial charge is 0.493 e. The van der Waals surface area contributed by atoms with Gasteiger partial charge in [-0.1, -0.05) is 29.8 Å². The molecule has 1 aromatic heterocycles. The van der Waals surface area contributed by atoms with Crippen molar-refractivity contribution < 1.29 is 19.0 Å². The van der Waals surface area contributed by atoms with Crippen molar-refractivity contribution in [3.63, 3.8) is 0 Å². The Hall–Kier alpha value is -3.05. The van der Waals surface area contributed by atoms with Gasteiger partial charge in [-0.05, 0) is 36.4 Å². The summed E-state index contributed by atoms with van der Waals surface area (Å²) in [5.74, 6) is 0.887. The van der Waals surface area contributed by atoms with Crippen molar-refractivity contribution in [2.75, 3.05) is 21.3 Å². The maximum absolute atomic E-state index is 12.7. The molecule has 0 N–H and O–H groups in total. The summed E-state index contributed by atoms with van der Waals surface area (Å²) in [6, 6.07) is 12.7. The van der Waals surface area contributed by atoms with Crippen molar-refractivity contribution in [3.05, 3.63) is 64.8 Å². The average Bonchev–Trinajstić information content (AvgIpc) is 2.70. The molecule has 0 spiro atoms. The molecule has 0 aliphatic carbocycles. The molecule has 3 aromatic rings. The quantitative estimate of drug-likeness (QED) is 0.451. The van der Waals surface area contributed by atoms with Gasteiger partial charge in [0, 0.05) is 5.39 Å². The number of ether oxygens (including phenoxy) is 3. The van der Waals surface area contributed by atoms with Crippen LogP contribution in [0.3, 0.4) is 0 Å². The first-order chi connectivity index (χ1) is 13.1. The number of pyridine rings is 1. The standard InChI is InChI=1S/C21H18ClNO4/c1-25-19-11-8-14(20(26-2)21(19)27-3)18(24)10-9-17-15(22)12-13-6-4-5-7-16(13)23-17/h4-12H,1-3H3/b10-9+. The molecule has 0 saturated carbocycles. The molecule has 0 atom stereocenters. The van der Waals surface area contributed by atoms with Crippen LogP contribution in [0.2, 0.25) is 5.02 Å². The number of hydrogen-bond acceptors (Lipinski definition) is 5. The zero-order chi connectivity index (χ0) is 19.4. The highest BCUT2D eigenvalue weighted by atomic mass is 35.5. The van der Waals surface area contributed by atoms with Gasteiger partial charge in [-0.2, -0.15) is 0 Å². The van der Waals surface area contributed by atoms with Gasteiger partial charge in [0.05, 0.1) is 43.1 Å². The molecule has 6 heteroatoms. The number of hydrogen-bond donors (Lipinski definition) is 0. The van der Waals surface area contributed by atoms with Crippen LogP contribution in [0.4, 0.5) is 0 Å². The number of rotatable bonds is 6. The molecule has 27 heavy (non-hydrogen) atoms. The smallest absolute Gasteiger partial charge is 0.204 e. The molecule has 3 rings (SSSR count). The highest BCUT2D eigenvalue weighted by Gasteiger charge is 2.19. The Morgan fingerprint density at radius 2 is 1.74 bits per heavy atom. The van der Waals surface area contributed by atoms with E-state index in [4.69, 9.17) is 25.8 Å². The molecular weight excluding hydrogens is 366 g/mol. The summed E-state index contributed by atoms with van der Waals surface area (Å²) in [6.45, 7) is 0. The second-order valence-corrected chi connectivity index (χ2v) is 6.03. The summed E-state index contributed by atoms with van der Waals surface area (Å²) >= 11 is 6.29. The second-order valence-electron chi connectivity index (χ2n) is 5.63. The number of ketones is 1. The maximum atomic E-state index is 12.7. The Morgan fingerprint density at radius 3 is 2.44 bits per heavy atom. The molecule has 0 radical (unpaired) electrons. The summed E-state index contributed by atoms with van der Waals surface area (Å²) in [5, 5.41) is 1.41. The molecule has 5 nitrogen and oxygen atoms in total. The zero-order valence-electron chi connectivity index (χ0n) is 15.2. The van der Waals surface area contributed by atoms with Crippen molar-refractivity contribution in [2.24, 2.45) is 0 Å². The van der Waals surface area contributed by atoms with E-state index >= 15 is 0 Å². The molecule has 0 unspecified atom stereocenters. The predicted octanol–water partition coefficient (Wildman–Crippen LogP) is 4.81. The fraction of sp³-hybridized carbons (Fsp3) is 0.143. The predicted molar refractivity (Wildman–Crippen MR) is 106 cm³/mol. The minimum Gasteiger partial charge on any atom is -0.493 e. The number of allylic oxidation sites excluding steroid dienone is 1. The lowest BCUT2D eigenvalue weighted by Crippen LogP contribution is -2.03. The maximum Gasteiger partial charge on any atom is 0.204 e. The van der Waals surface area contributed by atoms with Gasteiger partial charge in [-0.15, -0.1) is 0 Å². The Bertz CT molecular complexity index is 1030. The fourth-order valence-electron chi connectivity index (χ4n) is 2.76. The number of benzene rings is 2. The molecule has 1 heterocycles. The number of fused-ring (bicyclic) bond motifs is 1. The minimum absolute atomic E-state index is 0.265. The van der Waals surface area contributed by atoms with Crippen molar-refractivity contribution in [1.29, 1.82) is 0 Å². The topological polar surface area (TPSA) is 57.7 Å². The Kier molecular flexibility index (Phi) is 5.62. The first kappa shape index (κ1) is 18.7. The van der Waals surface area contributed by atoms with Gasteiger partial charge in [-0.25, -0.2) is 4.98 Å². The fourth-order valence-corrected chi connectivity index (χ4v) is 2.98. The summed E-state index contributed by atoms with van der Waals surface area (Å²) in [4.78, 5) is 17.2. The number of para-hydroxylation sites is 1. The van der Waals surface area contributed by atoms with Crippen molar-refractivity contribution in [1.82, 2.24) is 4.98 Å². The third-order valence-electron chi connectivity index (χ3n) is 4.07. The van der Waals surface area contributed by atoms with Crippen LogP contribution in [0.25, 0.3) is 17.0 Å². The van der Waals surface area contributed by atoms with Gasteiger partial charge in [0.1, 0.15) is 0 Å². The molecule has 138 valence electrons. The van der Waals surface area contributed by atoms with Crippen LogP contribution in [-0.4, -0.2) is 32.1 Å². The van der Waals surface area contributed by atoms with Crippen LogP contribution in [0.15, 0.2) is 48.5 Å². The van der Waals surface area contributed by atoms with Gasteiger partial charge >= 0.3 is 0 Å². The molecule has 0 aliphatic rings. The van der Waals surface area contributed by atoms with Crippen LogP contribution >= 0.6 is 11.6 Å². The van der Waals surface area contributed by atoms with Gasteiger partial charge < -0.3 is 14.2 Å². The average molecular weight is 384 g/mol. The van der Waals surface area contributed by atoms with Crippen LogP contribution < -0.4 is 14.2 Å². The molecule has 2 aromatic carbocycles. The number of carbonyl (C=O) groups excluding carboxylic acids is 1. The lowest BCUT2D eigenvalue weighted by Gasteiger charge is -2.14. The van der Waals surface area contributed by atoms with Crippen molar-refractivity contribution in [2.45, 2.75) is 0 Å². The summed E-state index contributed by atoms with van der Waals surface area (Å²) < 4.78 is 15.9. The third kappa shape index (κ3) is 3.73. The van der Waals surface area contributed by atoms with E-state index < -0.39 is 0 Å². The Labute approximate surface area is 162 Å². The summed E-state index contributed by atoms with van der Waals surface area (Å²) in [7, 11) is 4.48. The lowest BCUT2D eigenvalue weighted by atomic mass is 10.1. The van der Waals surface area contributed by atoms with Crippen molar-refractivity contribution >= 4 is 34.4 Å². The summed E-state index contributed by atoms with van der Waals surface area (Å²) in [6.07, 6.45) is 3.00. The van der Waals surface area contributed by atoms with Crippen LogP contribution in [0.5, 0.6) is 17.2 Å². The SMILES string of the molecule is COc1ccc(C(=O)/C=C/c2nc3ccccc3cc2Cl)c(OC)c1OC. The molecular formula is C21H18ClNO4. The van der Waals surface area contributed by atoms with E-state index in [1.165, 1.54) is 27.4 Å². The number of nitrogens with zero attached hydrogens (tertiary/aromatic N) is 1. The number of methoxy groups -OCH3 is 3. The highest BCUT2D eigenvalue weighted by Crippen LogP contribution is 2.40. The molecule has 0 bridgehead atoms.